The predicted molar refractivity (Wildman–Crippen MR) is 196 cm³/mol. The Balaban J connectivity index is 1.24. The average molecular weight is 598 g/mol. The summed E-state index contributed by atoms with van der Waals surface area (Å²) in [4.78, 5) is 10.4. The van der Waals surface area contributed by atoms with Gasteiger partial charge in [-0.05, 0) is 64.7 Å². The van der Waals surface area contributed by atoms with Gasteiger partial charge in [0.05, 0.1) is 27.8 Å². The number of aromatic nitrogens is 3. The molecule has 3 heteroatoms. The minimum Gasteiger partial charge on any atom is -0.308 e. The third-order valence-electron chi connectivity index (χ3n) is 9.51. The summed E-state index contributed by atoms with van der Waals surface area (Å²) in [6, 6.07) is 58.4. The van der Waals surface area contributed by atoms with Gasteiger partial charge in [-0.25, -0.2) is 9.97 Å². The Bertz CT molecular complexity index is 2780. The molecule has 3 heterocycles. The van der Waals surface area contributed by atoms with Crippen LogP contribution in [0, 0.1) is 0 Å². The van der Waals surface area contributed by atoms with Crippen LogP contribution in [0.1, 0.15) is 0 Å². The van der Waals surface area contributed by atoms with Gasteiger partial charge >= 0.3 is 0 Å². The zero-order valence-electron chi connectivity index (χ0n) is 25.4. The lowest BCUT2D eigenvalue weighted by atomic mass is 9.97. The molecule has 3 aromatic heterocycles. The largest absolute Gasteiger partial charge is 0.308 e. The summed E-state index contributed by atoms with van der Waals surface area (Å²) in [5, 5.41) is 5.94. The Hall–Kier alpha value is -6.32. The zero-order chi connectivity index (χ0) is 30.9. The molecular weight excluding hydrogens is 571 g/mol. The topological polar surface area (TPSA) is 30.2 Å². The summed E-state index contributed by atoms with van der Waals surface area (Å²) in [5.74, 6) is 0.734. The molecule has 0 aliphatic heterocycles. The Morgan fingerprint density at radius 1 is 0.340 bits per heavy atom. The van der Waals surface area contributed by atoms with E-state index in [9.17, 15) is 0 Å². The first kappa shape index (κ1) is 26.0. The van der Waals surface area contributed by atoms with E-state index in [1.807, 2.05) is 6.07 Å². The van der Waals surface area contributed by atoms with E-state index in [-0.39, 0.29) is 0 Å². The van der Waals surface area contributed by atoms with Crippen LogP contribution in [0.4, 0.5) is 0 Å². The summed E-state index contributed by atoms with van der Waals surface area (Å²) in [7, 11) is 0. The van der Waals surface area contributed by atoms with Gasteiger partial charge in [-0.2, -0.15) is 0 Å². The summed E-state index contributed by atoms with van der Waals surface area (Å²) in [6.45, 7) is 0. The fourth-order valence-electron chi connectivity index (χ4n) is 7.34. The third kappa shape index (κ3) is 4.00. The summed E-state index contributed by atoms with van der Waals surface area (Å²) < 4.78 is 2.43. The number of hydrogen-bond donors (Lipinski definition) is 0. The fraction of sp³-hybridized carbons (Fsp3) is 0. The van der Waals surface area contributed by atoms with E-state index in [1.54, 1.807) is 0 Å². The second-order valence-corrected chi connectivity index (χ2v) is 12.2. The quantitative estimate of drug-likeness (QED) is 0.202. The number of nitrogens with zero attached hydrogens (tertiary/aromatic N) is 3. The van der Waals surface area contributed by atoms with Gasteiger partial charge in [0, 0.05) is 38.1 Å². The number of benzene rings is 7. The molecule has 0 aliphatic rings. The standard InChI is InChI=1S/C44H27N3/c1-3-12-28(13-4-1)30-16-11-17-31(24-30)32-22-23-41-36(25-32)38-27-33(26-37-34-18-8-10-21-40(34)47(41)43(37)38)44-45-39-20-9-7-19-35(39)42(46-44)29-14-5-2-6-15-29/h1-27H. The van der Waals surface area contributed by atoms with Gasteiger partial charge in [0.25, 0.3) is 0 Å². The minimum absolute atomic E-state index is 0.734. The zero-order valence-corrected chi connectivity index (χ0v) is 25.4. The van der Waals surface area contributed by atoms with Crippen molar-refractivity contribution in [2.24, 2.45) is 0 Å². The summed E-state index contributed by atoms with van der Waals surface area (Å²) >= 11 is 0. The molecule has 0 spiro atoms. The first-order valence-electron chi connectivity index (χ1n) is 16.0. The molecule has 3 nitrogen and oxygen atoms in total. The van der Waals surface area contributed by atoms with Gasteiger partial charge in [-0.1, -0.05) is 121 Å². The van der Waals surface area contributed by atoms with E-state index < -0.39 is 0 Å². The van der Waals surface area contributed by atoms with Gasteiger partial charge in [0.1, 0.15) is 0 Å². The monoisotopic (exact) mass is 597 g/mol. The maximum atomic E-state index is 5.25. The Kier molecular flexibility index (Phi) is 5.57. The molecule has 0 saturated heterocycles. The molecule has 218 valence electrons. The highest BCUT2D eigenvalue weighted by Gasteiger charge is 2.21. The lowest BCUT2D eigenvalue weighted by molar-refractivity contribution is 1.23. The summed E-state index contributed by atoms with van der Waals surface area (Å²) in [5.41, 5.74) is 12.5. The van der Waals surface area contributed by atoms with Gasteiger partial charge in [-0.15, -0.1) is 0 Å². The Morgan fingerprint density at radius 2 is 0.915 bits per heavy atom. The highest BCUT2D eigenvalue weighted by atomic mass is 14.9. The van der Waals surface area contributed by atoms with Crippen molar-refractivity contribution in [2.45, 2.75) is 0 Å². The molecule has 0 amide bonds. The molecule has 0 aliphatic carbocycles. The van der Waals surface area contributed by atoms with E-state index in [1.165, 1.54) is 60.3 Å². The smallest absolute Gasteiger partial charge is 0.160 e. The highest BCUT2D eigenvalue weighted by molar-refractivity contribution is 6.24. The van der Waals surface area contributed by atoms with E-state index in [0.29, 0.717) is 0 Å². The van der Waals surface area contributed by atoms with Crippen LogP contribution in [-0.2, 0) is 0 Å². The first-order chi connectivity index (χ1) is 23.3. The second kappa shape index (κ2) is 10.1. The second-order valence-electron chi connectivity index (χ2n) is 12.2. The molecule has 0 N–H and O–H groups in total. The molecule has 0 fully saturated rings. The van der Waals surface area contributed by atoms with Crippen LogP contribution in [0.5, 0.6) is 0 Å². The van der Waals surface area contributed by atoms with Gasteiger partial charge in [-0.3, -0.25) is 0 Å². The molecular formula is C44H27N3. The lowest BCUT2D eigenvalue weighted by Gasteiger charge is -2.10. The van der Waals surface area contributed by atoms with Crippen LogP contribution >= 0.6 is 0 Å². The van der Waals surface area contributed by atoms with E-state index in [2.05, 4.69) is 162 Å². The molecule has 0 unspecified atom stereocenters. The van der Waals surface area contributed by atoms with Gasteiger partial charge in [0.15, 0.2) is 5.82 Å². The van der Waals surface area contributed by atoms with Crippen molar-refractivity contribution in [3.8, 4) is 44.9 Å². The number of hydrogen-bond acceptors (Lipinski definition) is 2. The van der Waals surface area contributed by atoms with Gasteiger partial charge in [0.2, 0.25) is 0 Å². The van der Waals surface area contributed by atoms with E-state index >= 15 is 0 Å². The van der Waals surface area contributed by atoms with Crippen molar-refractivity contribution < 1.29 is 0 Å². The average Bonchev–Trinajstić information content (AvgIpc) is 3.66. The molecule has 10 rings (SSSR count). The van der Waals surface area contributed by atoms with Crippen molar-refractivity contribution in [1.82, 2.24) is 14.4 Å². The van der Waals surface area contributed by atoms with Crippen LogP contribution in [0.2, 0.25) is 0 Å². The molecule has 0 radical (unpaired) electrons. The Labute approximate surface area is 271 Å². The molecule has 0 bridgehead atoms. The highest BCUT2D eigenvalue weighted by Crippen LogP contribution is 2.43. The van der Waals surface area contributed by atoms with Crippen LogP contribution in [0.25, 0.3) is 93.9 Å². The minimum atomic E-state index is 0.734. The number of fused-ring (bicyclic) bond motifs is 7. The molecule has 47 heavy (non-hydrogen) atoms. The van der Waals surface area contributed by atoms with Crippen molar-refractivity contribution in [2.75, 3.05) is 0 Å². The Morgan fingerprint density at radius 3 is 1.72 bits per heavy atom. The van der Waals surface area contributed by atoms with Crippen molar-refractivity contribution in [3.63, 3.8) is 0 Å². The summed E-state index contributed by atoms with van der Waals surface area (Å²) in [6.07, 6.45) is 0. The maximum absolute atomic E-state index is 5.25. The first-order valence-corrected chi connectivity index (χ1v) is 16.0. The third-order valence-corrected chi connectivity index (χ3v) is 9.51. The van der Waals surface area contributed by atoms with Crippen LogP contribution in [0.15, 0.2) is 164 Å². The van der Waals surface area contributed by atoms with Crippen molar-refractivity contribution in [3.05, 3.63) is 164 Å². The van der Waals surface area contributed by atoms with Crippen LogP contribution < -0.4 is 0 Å². The van der Waals surface area contributed by atoms with Crippen molar-refractivity contribution in [1.29, 1.82) is 0 Å². The number of rotatable bonds is 4. The van der Waals surface area contributed by atoms with E-state index in [0.717, 1.165) is 33.5 Å². The fourth-order valence-corrected chi connectivity index (χ4v) is 7.34. The van der Waals surface area contributed by atoms with Crippen LogP contribution in [-0.4, -0.2) is 14.4 Å². The lowest BCUT2D eigenvalue weighted by Crippen LogP contribution is -1.95. The number of para-hydroxylation sites is 2. The molecule has 0 saturated carbocycles. The maximum Gasteiger partial charge on any atom is 0.160 e. The SMILES string of the molecule is c1ccc(-c2cccc(-c3ccc4c(c3)c3cc(-c5nc(-c6ccccc6)c6ccccc6n5)cc5c6ccccc6n4c53)c2)cc1. The van der Waals surface area contributed by atoms with Gasteiger partial charge < -0.3 is 4.40 Å². The van der Waals surface area contributed by atoms with E-state index in [4.69, 9.17) is 9.97 Å². The molecule has 0 atom stereocenters. The predicted octanol–water partition coefficient (Wildman–Crippen LogP) is 11.4. The van der Waals surface area contributed by atoms with Crippen LogP contribution in [0.3, 0.4) is 0 Å². The molecule has 7 aromatic carbocycles. The van der Waals surface area contributed by atoms with Crippen molar-refractivity contribution >= 4 is 49.0 Å². The normalized spacial score (nSPS) is 11.8. The molecule has 10 aromatic rings.